The van der Waals surface area contributed by atoms with Gasteiger partial charge in [0.05, 0.1) is 0 Å². The highest BCUT2D eigenvalue weighted by Gasteiger charge is 2.23. The molecule has 0 spiro atoms. The molecule has 1 aliphatic heterocycles. The Labute approximate surface area is 135 Å². The third-order valence-electron chi connectivity index (χ3n) is 4.07. The van der Waals surface area contributed by atoms with E-state index in [4.69, 9.17) is 9.84 Å². The maximum Gasteiger partial charge on any atom is 0.407 e. The maximum atomic E-state index is 10.9. The summed E-state index contributed by atoms with van der Waals surface area (Å²) in [5.41, 5.74) is 2.40. The molecule has 1 aromatic heterocycles. The summed E-state index contributed by atoms with van der Waals surface area (Å²) in [4.78, 5) is 16.5. The van der Waals surface area contributed by atoms with Gasteiger partial charge in [-0.15, -0.1) is 0 Å². The van der Waals surface area contributed by atoms with E-state index in [2.05, 4.69) is 23.2 Å². The molecule has 0 atom stereocenters. The lowest BCUT2D eigenvalue weighted by atomic mass is 10.1. The zero-order chi connectivity index (χ0) is 16.1. The second-order valence-electron chi connectivity index (χ2n) is 5.77. The van der Waals surface area contributed by atoms with E-state index in [0.29, 0.717) is 13.1 Å². The molecule has 0 bridgehead atoms. The average Bonchev–Trinajstić information content (AvgIpc) is 2.58. The fourth-order valence-corrected chi connectivity index (χ4v) is 2.78. The molecule has 1 N–H and O–H groups in total. The molecule has 0 aliphatic carbocycles. The Balaban J connectivity index is 1.53. The van der Waals surface area contributed by atoms with Crippen LogP contribution in [0.3, 0.4) is 0 Å². The minimum Gasteiger partial charge on any atom is -0.490 e. The predicted molar refractivity (Wildman–Crippen MR) is 86.7 cm³/mol. The fraction of sp³-hybridized carbons (Fsp3) is 0.333. The lowest BCUT2D eigenvalue weighted by Gasteiger charge is -2.30. The molecule has 1 saturated heterocycles. The second kappa shape index (κ2) is 7.13. The number of aromatic nitrogens is 1. The van der Waals surface area contributed by atoms with Crippen molar-refractivity contribution in [1.29, 1.82) is 0 Å². The SMILES string of the molecule is O=C(O)N1CCC(Oc2ccc(Cc3cccnc3)cc2)CC1. The Morgan fingerprint density at radius 1 is 1.17 bits per heavy atom. The number of carbonyl (C=O) groups is 1. The molecule has 23 heavy (non-hydrogen) atoms. The van der Waals surface area contributed by atoms with E-state index < -0.39 is 6.09 Å². The monoisotopic (exact) mass is 312 g/mol. The van der Waals surface area contributed by atoms with Crippen molar-refractivity contribution in [2.24, 2.45) is 0 Å². The van der Waals surface area contributed by atoms with Gasteiger partial charge >= 0.3 is 6.09 Å². The number of pyridine rings is 1. The maximum absolute atomic E-state index is 10.9. The van der Waals surface area contributed by atoms with Crippen molar-refractivity contribution in [3.8, 4) is 5.75 Å². The van der Waals surface area contributed by atoms with Gasteiger partial charge in [-0.1, -0.05) is 18.2 Å². The lowest BCUT2D eigenvalue weighted by molar-refractivity contribution is 0.0894. The van der Waals surface area contributed by atoms with Crippen LogP contribution < -0.4 is 4.74 Å². The van der Waals surface area contributed by atoms with Gasteiger partial charge in [-0.3, -0.25) is 4.98 Å². The molecular formula is C18H20N2O3. The fourth-order valence-electron chi connectivity index (χ4n) is 2.78. The van der Waals surface area contributed by atoms with Crippen molar-refractivity contribution >= 4 is 6.09 Å². The van der Waals surface area contributed by atoms with Crippen molar-refractivity contribution < 1.29 is 14.6 Å². The Kier molecular flexibility index (Phi) is 4.76. The smallest absolute Gasteiger partial charge is 0.407 e. The topological polar surface area (TPSA) is 62.7 Å². The number of carboxylic acid groups (broad SMARTS) is 1. The van der Waals surface area contributed by atoms with Crippen LogP contribution in [0.25, 0.3) is 0 Å². The molecule has 2 aromatic rings. The van der Waals surface area contributed by atoms with Gasteiger partial charge in [-0.2, -0.15) is 0 Å². The molecule has 0 unspecified atom stereocenters. The number of benzene rings is 1. The third-order valence-corrected chi connectivity index (χ3v) is 4.07. The summed E-state index contributed by atoms with van der Waals surface area (Å²) in [6, 6.07) is 12.1. The molecule has 1 fully saturated rings. The van der Waals surface area contributed by atoms with Gasteiger partial charge in [0.25, 0.3) is 0 Å². The number of amides is 1. The molecule has 0 saturated carbocycles. The van der Waals surface area contributed by atoms with Crippen LogP contribution in [0.4, 0.5) is 4.79 Å². The van der Waals surface area contributed by atoms with Crippen LogP contribution in [-0.2, 0) is 6.42 Å². The minimum absolute atomic E-state index is 0.0924. The lowest BCUT2D eigenvalue weighted by Crippen LogP contribution is -2.41. The normalized spacial score (nSPS) is 15.4. The zero-order valence-corrected chi connectivity index (χ0v) is 12.9. The quantitative estimate of drug-likeness (QED) is 0.941. The second-order valence-corrected chi connectivity index (χ2v) is 5.77. The molecule has 2 heterocycles. The van der Waals surface area contributed by atoms with Crippen molar-refractivity contribution in [1.82, 2.24) is 9.88 Å². The summed E-state index contributed by atoms with van der Waals surface area (Å²) in [7, 11) is 0. The predicted octanol–water partition coefficient (Wildman–Crippen LogP) is 3.19. The van der Waals surface area contributed by atoms with E-state index >= 15 is 0 Å². The first kappa shape index (κ1) is 15.3. The van der Waals surface area contributed by atoms with Crippen molar-refractivity contribution in [2.45, 2.75) is 25.4 Å². The van der Waals surface area contributed by atoms with E-state index in [1.165, 1.54) is 16.0 Å². The Hall–Kier alpha value is -2.56. The van der Waals surface area contributed by atoms with Gasteiger partial charge < -0.3 is 14.7 Å². The van der Waals surface area contributed by atoms with Gasteiger partial charge in [-0.25, -0.2) is 4.79 Å². The van der Waals surface area contributed by atoms with Crippen LogP contribution in [0.2, 0.25) is 0 Å². The van der Waals surface area contributed by atoms with Gasteiger partial charge in [0.15, 0.2) is 0 Å². The van der Waals surface area contributed by atoms with Crippen molar-refractivity contribution in [2.75, 3.05) is 13.1 Å². The number of hydrogen-bond donors (Lipinski definition) is 1. The van der Waals surface area contributed by atoms with Gasteiger partial charge in [0.2, 0.25) is 0 Å². The molecular weight excluding hydrogens is 292 g/mol. The first-order valence-electron chi connectivity index (χ1n) is 7.83. The number of nitrogens with zero attached hydrogens (tertiary/aromatic N) is 2. The Morgan fingerprint density at radius 2 is 1.91 bits per heavy atom. The van der Waals surface area contributed by atoms with Crippen molar-refractivity contribution in [3.63, 3.8) is 0 Å². The first-order valence-corrected chi connectivity index (χ1v) is 7.83. The highest BCUT2D eigenvalue weighted by molar-refractivity contribution is 5.65. The highest BCUT2D eigenvalue weighted by atomic mass is 16.5. The summed E-state index contributed by atoms with van der Waals surface area (Å²) < 4.78 is 5.96. The van der Waals surface area contributed by atoms with Crippen LogP contribution >= 0.6 is 0 Å². The summed E-state index contributed by atoms with van der Waals surface area (Å²) in [5.74, 6) is 0.841. The van der Waals surface area contributed by atoms with Crippen LogP contribution in [0.1, 0.15) is 24.0 Å². The molecule has 1 amide bonds. The molecule has 5 nitrogen and oxygen atoms in total. The summed E-state index contributed by atoms with van der Waals surface area (Å²) in [6.45, 7) is 1.08. The number of ether oxygens (including phenoxy) is 1. The van der Waals surface area contributed by atoms with E-state index in [1.54, 1.807) is 6.20 Å². The van der Waals surface area contributed by atoms with Crippen molar-refractivity contribution in [3.05, 3.63) is 59.9 Å². The van der Waals surface area contributed by atoms with Gasteiger partial charge in [-0.05, 0) is 35.7 Å². The first-order chi connectivity index (χ1) is 11.2. The van der Waals surface area contributed by atoms with E-state index in [9.17, 15) is 4.79 Å². The summed E-state index contributed by atoms with van der Waals surface area (Å²) in [6.07, 6.45) is 5.23. The van der Waals surface area contributed by atoms with Gasteiger partial charge in [0, 0.05) is 38.3 Å². The van der Waals surface area contributed by atoms with Crippen LogP contribution in [0, 0.1) is 0 Å². The van der Waals surface area contributed by atoms with E-state index in [0.717, 1.165) is 25.0 Å². The van der Waals surface area contributed by atoms with Crippen LogP contribution in [-0.4, -0.2) is 40.3 Å². The van der Waals surface area contributed by atoms with Crippen LogP contribution in [0.15, 0.2) is 48.8 Å². The number of hydrogen-bond acceptors (Lipinski definition) is 3. The van der Waals surface area contributed by atoms with Gasteiger partial charge in [0.1, 0.15) is 11.9 Å². The molecule has 3 rings (SSSR count). The summed E-state index contributed by atoms with van der Waals surface area (Å²) >= 11 is 0. The van der Waals surface area contributed by atoms with E-state index in [-0.39, 0.29) is 6.10 Å². The minimum atomic E-state index is -0.844. The molecule has 1 aliphatic rings. The van der Waals surface area contributed by atoms with Crippen LogP contribution in [0.5, 0.6) is 5.75 Å². The highest BCUT2D eigenvalue weighted by Crippen LogP contribution is 2.20. The molecule has 1 aromatic carbocycles. The third kappa shape index (κ3) is 4.22. The average molecular weight is 312 g/mol. The molecule has 0 radical (unpaired) electrons. The largest absolute Gasteiger partial charge is 0.490 e. The summed E-state index contributed by atoms with van der Waals surface area (Å²) in [5, 5.41) is 8.95. The zero-order valence-electron chi connectivity index (χ0n) is 12.9. The molecule has 5 heteroatoms. The standard InChI is InChI=1S/C18H20N2O3/c21-18(22)20-10-7-17(8-11-20)23-16-5-3-14(4-6-16)12-15-2-1-9-19-13-15/h1-6,9,13,17H,7-8,10-12H2,(H,21,22). The van der Waals surface area contributed by atoms with E-state index in [1.807, 2.05) is 24.4 Å². The number of likely N-dealkylation sites (tertiary alicyclic amines) is 1. The number of piperidine rings is 1. The number of rotatable bonds is 4. The Morgan fingerprint density at radius 3 is 2.52 bits per heavy atom. The molecule has 120 valence electrons. The Bertz CT molecular complexity index is 635.